The zero-order chi connectivity index (χ0) is 14.9. The molecule has 1 atom stereocenters. The lowest BCUT2D eigenvalue weighted by Gasteiger charge is -2.29. The fraction of sp³-hybridized carbons (Fsp3) is 0.571. The Kier molecular flexibility index (Phi) is 4.32. The molecule has 0 aliphatic heterocycles. The van der Waals surface area contributed by atoms with Crippen molar-refractivity contribution in [3.8, 4) is 0 Å². The van der Waals surface area contributed by atoms with Gasteiger partial charge in [0.1, 0.15) is 0 Å². The van der Waals surface area contributed by atoms with Crippen molar-refractivity contribution in [1.82, 2.24) is 0 Å². The van der Waals surface area contributed by atoms with Gasteiger partial charge in [0.15, 0.2) is 0 Å². The van der Waals surface area contributed by atoms with Gasteiger partial charge in [-0.05, 0) is 0 Å². The van der Waals surface area contributed by atoms with E-state index >= 15 is 0 Å². The van der Waals surface area contributed by atoms with Crippen LogP contribution < -0.4 is 0 Å². The van der Waals surface area contributed by atoms with E-state index < -0.39 is 36.2 Å². The van der Waals surface area contributed by atoms with Gasteiger partial charge in [-0.2, -0.15) is 39.5 Å². The Hall–Kier alpha value is -1.42. The van der Waals surface area contributed by atoms with E-state index in [1.54, 1.807) is 0 Å². The predicted molar refractivity (Wildman–Crippen MR) is 37.2 cm³/mol. The van der Waals surface area contributed by atoms with E-state index in [1.807, 2.05) is 0 Å². The van der Waals surface area contributed by atoms with E-state index in [0.717, 1.165) is 0 Å². The van der Waals surface area contributed by atoms with Crippen LogP contribution in [-0.2, 0) is 9.53 Å². The zero-order valence-electron chi connectivity index (χ0n) is 8.00. The Morgan fingerprint density at radius 3 is 1.61 bits per heavy atom. The fourth-order valence-electron chi connectivity index (χ4n) is 0.666. The van der Waals surface area contributed by atoms with Crippen LogP contribution in [0.1, 0.15) is 0 Å². The third-order valence-corrected chi connectivity index (χ3v) is 1.45. The number of esters is 1. The van der Waals surface area contributed by atoms with E-state index in [9.17, 15) is 44.3 Å². The van der Waals surface area contributed by atoms with E-state index in [4.69, 9.17) is 0 Å². The third kappa shape index (κ3) is 3.53. The van der Waals surface area contributed by atoms with Crippen LogP contribution in [0.3, 0.4) is 0 Å². The second-order valence-electron chi connectivity index (χ2n) is 2.85. The van der Waals surface area contributed by atoms with Gasteiger partial charge in [0.05, 0.1) is 0 Å². The van der Waals surface area contributed by atoms with Crippen LogP contribution in [0.4, 0.5) is 39.5 Å². The van der Waals surface area contributed by atoms with E-state index in [1.165, 1.54) is 0 Å². The van der Waals surface area contributed by atoms with Gasteiger partial charge < -0.3 is 4.74 Å². The first kappa shape index (κ1) is 16.6. The minimum atomic E-state index is -6.63. The Bertz CT molecular complexity index is 340. The molecule has 106 valence electrons. The first-order valence-electron chi connectivity index (χ1n) is 3.78. The Labute approximate surface area is 93.0 Å². The molecule has 0 saturated carbocycles. The van der Waals surface area contributed by atoms with Crippen molar-refractivity contribution in [1.29, 1.82) is 0 Å². The van der Waals surface area contributed by atoms with Crippen molar-refractivity contribution < 1.29 is 49.0 Å². The summed E-state index contributed by atoms with van der Waals surface area (Å²) in [5, 5.41) is 0. The van der Waals surface area contributed by atoms with E-state index in [0.29, 0.717) is 0 Å². The third-order valence-electron chi connectivity index (χ3n) is 1.45. The summed E-state index contributed by atoms with van der Waals surface area (Å²) in [6.07, 6.45) is -17.7. The zero-order valence-corrected chi connectivity index (χ0v) is 8.00. The maximum absolute atomic E-state index is 12.4. The van der Waals surface area contributed by atoms with Gasteiger partial charge in [0.25, 0.3) is 6.10 Å². The van der Waals surface area contributed by atoms with Crippen molar-refractivity contribution in [2.75, 3.05) is 0 Å². The Morgan fingerprint density at radius 2 is 1.39 bits per heavy atom. The lowest BCUT2D eigenvalue weighted by Crippen LogP contribution is -2.55. The maximum atomic E-state index is 12.4. The lowest BCUT2D eigenvalue weighted by molar-refractivity contribution is -0.360. The van der Waals surface area contributed by atoms with Crippen LogP contribution in [0.15, 0.2) is 12.4 Å². The molecule has 2 nitrogen and oxygen atoms in total. The molecule has 0 rings (SSSR count). The second-order valence-corrected chi connectivity index (χ2v) is 2.85. The average Bonchev–Trinajstić information content (AvgIpc) is 2.09. The first-order valence-corrected chi connectivity index (χ1v) is 3.78. The predicted octanol–water partition coefficient (Wildman–Crippen LogP) is 3.14. The standard InChI is InChI=1S/C7H3F9O2/c1-2(8)3(17)18-4(6(11,12)13)5(9,10)7(14,15)16/h4H,1H2. The van der Waals surface area contributed by atoms with Crippen molar-refractivity contribution in [2.45, 2.75) is 24.4 Å². The molecule has 0 aromatic carbocycles. The molecule has 1 unspecified atom stereocenters. The molecule has 18 heavy (non-hydrogen) atoms. The maximum Gasteiger partial charge on any atom is 0.457 e. The summed E-state index contributed by atoms with van der Waals surface area (Å²) in [5.74, 6) is -11.3. The molecular formula is C7H3F9O2. The molecule has 0 heterocycles. The number of carbonyl (C=O) groups is 1. The van der Waals surface area contributed by atoms with Crippen molar-refractivity contribution in [3.05, 3.63) is 12.4 Å². The number of alkyl halides is 8. The molecule has 0 radical (unpaired) electrons. The van der Waals surface area contributed by atoms with Crippen molar-refractivity contribution in [3.63, 3.8) is 0 Å². The van der Waals surface area contributed by atoms with E-state index in [2.05, 4.69) is 11.3 Å². The van der Waals surface area contributed by atoms with Crippen LogP contribution >= 0.6 is 0 Å². The van der Waals surface area contributed by atoms with Crippen LogP contribution in [0.2, 0.25) is 0 Å². The average molecular weight is 290 g/mol. The number of halogens is 9. The summed E-state index contributed by atoms with van der Waals surface area (Å²) in [6.45, 7) is 2.10. The molecule has 0 N–H and O–H groups in total. The minimum absolute atomic E-state index is 2.10. The molecule has 0 aliphatic carbocycles. The van der Waals surface area contributed by atoms with Gasteiger partial charge in [0, 0.05) is 0 Å². The van der Waals surface area contributed by atoms with Crippen LogP contribution in [0.5, 0.6) is 0 Å². The minimum Gasteiger partial charge on any atom is -0.440 e. The van der Waals surface area contributed by atoms with E-state index in [-0.39, 0.29) is 0 Å². The molecule has 0 aromatic rings. The number of hydrogen-bond acceptors (Lipinski definition) is 2. The van der Waals surface area contributed by atoms with Gasteiger partial charge >= 0.3 is 24.2 Å². The summed E-state index contributed by atoms with van der Waals surface area (Å²) in [6, 6.07) is 0. The molecular weight excluding hydrogens is 287 g/mol. The Morgan fingerprint density at radius 1 is 1.00 bits per heavy atom. The Balaban J connectivity index is 5.41. The number of rotatable bonds is 3. The summed E-state index contributed by atoms with van der Waals surface area (Å²) in [7, 11) is 0. The summed E-state index contributed by atoms with van der Waals surface area (Å²) in [4.78, 5) is 10.3. The van der Waals surface area contributed by atoms with Crippen molar-refractivity contribution >= 4 is 5.97 Å². The first-order chi connectivity index (χ1) is 7.71. The molecule has 0 saturated heterocycles. The largest absolute Gasteiger partial charge is 0.457 e. The fourth-order valence-corrected chi connectivity index (χ4v) is 0.666. The molecule has 0 bridgehead atoms. The highest BCUT2D eigenvalue weighted by Gasteiger charge is 2.72. The summed E-state index contributed by atoms with van der Waals surface area (Å²) < 4.78 is 111. The van der Waals surface area contributed by atoms with Crippen molar-refractivity contribution in [2.24, 2.45) is 0 Å². The smallest absolute Gasteiger partial charge is 0.440 e. The van der Waals surface area contributed by atoms with Gasteiger partial charge in [0.2, 0.25) is 5.83 Å². The number of ether oxygens (including phenoxy) is 1. The lowest BCUT2D eigenvalue weighted by atomic mass is 10.1. The quantitative estimate of drug-likeness (QED) is 0.453. The van der Waals surface area contributed by atoms with Gasteiger partial charge in [-0.15, -0.1) is 0 Å². The SMILES string of the molecule is C=C(F)C(=O)OC(C(F)(F)F)C(F)(F)C(F)(F)F. The van der Waals surface area contributed by atoms with Gasteiger partial charge in [-0.1, -0.05) is 6.58 Å². The molecule has 0 spiro atoms. The van der Waals surface area contributed by atoms with Gasteiger partial charge in [-0.25, -0.2) is 4.79 Å². The highest BCUT2D eigenvalue weighted by molar-refractivity contribution is 5.85. The number of carbonyl (C=O) groups excluding carboxylic acids is 1. The highest BCUT2D eigenvalue weighted by atomic mass is 19.4. The number of hydrogen-bond donors (Lipinski definition) is 0. The summed E-state index contributed by atoms with van der Waals surface area (Å²) in [5.41, 5.74) is 0. The molecule has 0 aromatic heterocycles. The summed E-state index contributed by atoms with van der Waals surface area (Å²) >= 11 is 0. The van der Waals surface area contributed by atoms with Crippen LogP contribution in [0.25, 0.3) is 0 Å². The monoisotopic (exact) mass is 290 g/mol. The van der Waals surface area contributed by atoms with Crippen LogP contribution in [0, 0.1) is 0 Å². The second kappa shape index (κ2) is 4.69. The molecule has 11 heteroatoms. The molecule has 0 aliphatic rings. The highest BCUT2D eigenvalue weighted by Crippen LogP contribution is 2.45. The normalized spacial score (nSPS) is 15.2. The topological polar surface area (TPSA) is 26.3 Å². The van der Waals surface area contributed by atoms with Crippen LogP contribution in [-0.4, -0.2) is 30.3 Å². The van der Waals surface area contributed by atoms with Gasteiger partial charge in [-0.3, -0.25) is 0 Å². The molecule has 0 fully saturated rings. The molecule has 0 amide bonds.